The van der Waals surface area contributed by atoms with Gasteiger partial charge in [0.25, 0.3) is 0 Å². The highest BCUT2D eigenvalue weighted by Crippen LogP contribution is 2.25. The number of aromatic nitrogens is 2. The molecule has 0 radical (unpaired) electrons. The monoisotopic (exact) mass is 359 g/mol. The molecule has 0 saturated heterocycles. The Balaban J connectivity index is 1.61. The SMILES string of the molecule is CCOC1CCC(Nc2ncc(C#N)c(N[C@@H]3CCC[C@H](O)C3)n2)CC1. The molecule has 0 spiro atoms. The second-order valence-electron chi connectivity index (χ2n) is 7.30. The van der Waals surface area contributed by atoms with E-state index in [1.54, 1.807) is 6.20 Å². The lowest BCUT2D eigenvalue weighted by atomic mass is 9.93. The van der Waals surface area contributed by atoms with Crippen LogP contribution >= 0.6 is 0 Å². The van der Waals surface area contributed by atoms with E-state index in [-0.39, 0.29) is 12.1 Å². The Labute approximate surface area is 155 Å². The van der Waals surface area contributed by atoms with Crippen molar-refractivity contribution < 1.29 is 9.84 Å². The first kappa shape index (κ1) is 18.9. The van der Waals surface area contributed by atoms with Crippen LogP contribution in [0.3, 0.4) is 0 Å². The lowest BCUT2D eigenvalue weighted by Crippen LogP contribution is -2.31. The third kappa shape index (κ3) is 5.05. The Morgan fingerprint density at radius 1 is 1.19 bits per heavy atom. The molecule has 3 N–H and O–H groups in total. The Kier molecular flexibility index (Phi) is 6.64. The molecule has 0 aliphatic heterocycles. The summed E-state index contributed by atoms with van der Waals surface area (Å²) >= 11 is 0. The van der Waals surface area contributed by atoms with Gasteiger partial charge in [-0.3, -0.25) is 0 Å². The number of aliphatic hydroxyl groups excluding tert-OH is 1. The number of aliphatic hydroxyl groups is 1. The number of anilines is 2. The van der Waals surface area contributed by atoms with Gasteiger partial charge in [0, 0.05) is 18.7 Å². The van der Waals surface area contributed by atoms with Crippen LogP contribution in [0, 0.1) is 11.3 Å². The van der Waals surface area contributed by atoms with Gasteiger partial charge in [-0.25, -0.2) is 4.98 Å². The van der Waals surface area contributed by atoms with Crippen LogP contribution in [0.25, 0.3) is 0 Å². The van der Waals surface area contributed by atoms with Gasteiger partial charge in [0.2, 0.25) is 5.95 Å². The maximum Gasteiger partial charge on any atom is 0.224 e. The number of nitrogens with zero attached hydrogens (tertiary/aromatic N) is 3. The Morgan fingerprint density at radius 3 is 2.69 bits per heavy atom. The average Bonchev–Trinajstić information content (AvgIpc) is 2.64. The first-order chi connectivity index (χ1) is 12.7. The molecular formula is C19H29N5O2. The maximum absolute atomic E-state index is 9.85. The van der Waals surface area contributed by atoms with Crippen molar-refractivity contribution in [2.45, 2.75) is 82.6 Å². The molecule has 7 nitrogen and oxygen atoms in total. The molecule has 2 aliphatic rings. The largest absolute Gasteiger partial charge is 0.393 e. The van der Waals surface area contributed by atoms with Gasteiger partial charge in [0.15, 0.2) is 0 Å². The molecule has 0 bridgehead atoms. The van der Waals surface area contributed by atoms with Crippen LogP contribution in [-0.2, 0) is 4.74 Å². The molecule has 1 aromatic rings. The minimum atomic E-state index is -0.272. The third-order valence-electron chi connectivity index (χ3n) is 5.31. The van der Waals surface area contributed by atoms with Crippen molar-refractivity contribution in [3.8, 4) is 6.07 Å². The molecule has 2 fully saturated rings. The number of nitriles is 1. The Hall–Kier alpha value is -1.91. The van der Waals surface area contributed by atoms with Gasteiger partial charge in [-0.05, 0) is 58.3 Å². The number of ether oxygens (including phenoxy) is 1. The molecule has 1 heterocycles. The minimum absolute atomic E-state index is 0.148. The summed E-state index contributed by atoms with van der Waals surface area (Å²) in [6.45, 7) is 2.81. The van der Waals surface area contributed by atoms with Crippen molar-refractivity contribution >= 4 is 11.8 Å². The van der Waals surface area contributed by atoms with E-state index in [4.69, 9.17) is 4.74 Å². The molecule has 7 heteroatoms. The smallest absolute Gasteiger partial charge is 0.224 e. The van der Waals surface area contributed by atoms with Crippen LogP contribution in [-0.4, -0.2) is 46.0 Å². The van der Waals surface area contributed by atoms with Crippen molar-refractivity contribution in [1.29, 1.82) is 5.26 Å². The van der Waals surface area contributed by atoms with Gasteiger partial charge < -0.3 is 20.5 Å². The Bertz CT molecular complexity index is 625. The Morgan fingerprint density at radius 2 is 2.00 bits per heavy atom. The number of hydrogen-bond acceptors (Lipinski definition) is 7. The van der Waals surface area contributed by atoms with Crippen molar-refractivity contribution in [3.05, 3.63) is 11.8 Å². The highest BCUT2D eigenvalue weighted by atomic mass is 16.5. The van der Waals surface area contributed by atoms with E-state index in [0.717, 1.165) is 51.6 Å². The average molecular weight is 359 g/mol. The molecule has 142 valence electrons. The van der Waals surface area contributed by atoms with Crippen molar-refractivity contribution in [1.82, 2.24) is 9.97 Å². The van der Waals surface area contributed by atoms with Gasteiger partial charge >= 0.3 is 0 Å². The highest BCUT2D eigenvalue weighted by Gasteiger charge is 2.24. The van der Waals surface area contributed by atoms with Crippen LogP contribution in [0.5, 0.6) is 0 Å². The zero-order valence-corrected chi connectivity index (χ0v) is 15.4. The molecule has 2 aliphatic carbocycles. The summed E-state index contributed by atoms with van der Waals surface area (Å²) in [5.74, 6) is 1.12. The van der Waals surface area contributed by atoms with Crippen molar-refractivity contribution in [2.24, 2.45) is 0 Å². The van der Waals surface area contributed by atoms with Crippen LogP contribution in [0.15, 0.2) is 6.20 Å². The minimum Gasteiger partial charge on any atom is -0.393 e. The molecule has 1 aromatic heterocycles. The standard InChI is InChI=1S/C19H29N5O2/c1-2-26-17-8-6-14(7-9-17)23-19-21-12-13(11-20)18(24-19)22-15-4-3-5-16(25)10-15/h12,14-17,25H,2-10H2,1H3,(H2,21,22,23,24)/t14?,15-,16+,17?/m1/s1. The second kappa shape index (κ2) is 9.15. The van der Waals surface area contributed by atoms with E-state index in [1.807, 2.05) is 6.92 Å². The summed E-state index contributed by atoms with van der Waals surface area (Å²) in [6.07, 6.45) is 9.35. The summed E-state index contributed by atoms with van der Waals surface area (Å²) in [5.41, 5.74) is 0.440. The summed E-state index contributed by atoms with van der Waals surface area (Å²) in [6, 6.07) is 2.64. The maximum atomic E-state index is 9.85. The molecule has 3 rings (SSSR count). The zero-order chi connectivity index (χ0) is 18.4. The molecule has 0 unspecified atom stereocenters. The first-order valence-corrected chi connectivity index (χ1v) is 9.77. The van der Waals surface area contributed by atoms with Crippen LogP contribution in [0.4, 0.5) is 11.8 Å². The first-order valence-electron chi connectivity index (χ1n) is 9.77. The third-order valence-corrected chi connectivity index (χ3v) is 5.31. The van der Waals surface area contributed by atoms with Crippen LogP contribution in [0.2, 0.25) is 0 Å². The van der Waals surface area contributed by atoms with Gasteiger partial charge in [0.05, 0.1) is 18.4 Å². The summed E-state index contributed by atoms with van der Waals surface area (Å²) in [7, 11) is 0. The molecule has 0 amide bonds. The fourth-order valence-corrected chi connectivity index (χ4v) is 3.92. The predicted octanol–water partition coefficient (Wildman–Crippen LogP) is 2.82. The molecule has 2 atom stereocenters. The quantitative estimate of drug-likeness (QED) is 0.717. The second-order valence-corrected chi connectivity index (χ2v) is 7.30. The zero-order valence-electron chi connectivity index (χ0n) is 15.4. The van der Waals surface area contributed by atoms with E-state index in [2.05, 4.69) is 26.7 Å². The van der Waals surface area contributed by atoms with Gasteiger partial charge in [-0.1, -0.05) is 0 Å². The normalized spacial score (nSPS) is 29.0. The van der Waals surface area contributed by atoms with Crippen molar-refractivity contribution in [3.63, 3.8) is 0 Å². The fourth-order valence-electron chi connectivity index (χ4n) is 3.92. The number of nitrogens with one attached hydrogen (secondary N) is 2. The predicted molar refractivity (Wildman–Crippen MR) is 99.9 cm³/mol. The summed E-state index contributed by atoms with van der Waals surface area (Å²) in [4.78, 5) is 8.85. The van der Waals surface area contributed by atoms with E-state index >= 15 is 0 Å². The number of rotatable bonds is 6. The van der Waals surface area contributed by atoms with Crippen LogP contribution in [0.1, 0.15) is 63.9 Å². The summed E-state index contributed by atoms with van der Waals surface area (Å²) < 4.78 is 5.70. The topological polar surface area (TPSA) is 103 Å². The van der Waals surface area contributed by atoms with E-state index in [1.165, 1.54) is 0 Å². The fraction of sp³-hybridized carbons (Fsp3) is 0.737. The number of hydrogen-bond donors (Lipinski definition) is 3. The van der Waals surface area contributed by atoms with E-state index < -0.39 is 0 Å². The molecular weight excluding hydrogens is 330 g/mol. The van der Waals surface area contributed by atoms with Crippen LogP contribution < -0.4 is 10.6 Å². The highest BCUT2D eigenvalue weighted by molar-refractivity contribution is 5.54. The molecule has 0 aromatic carbocycles. The van der Waals surface area contributed by atoms with Gasteiger partial charge in [-0.2, -0.15) is 10.2 Å². The lowest BCUT2D eigenvalue weighted by molar-refractivity contribution is 0.0346. The lowest BCUT2D eigenvalue weighted by Gasteiger charge is -2.29. The molecule has 2 saturated carbocycles. The molecule has 26 heavy (non-hydrogen) atoms. The van der Waals surface area contributed by atoms with Crippen molar-refractivity contribution in [2.75, 3.05) is 17.2 Å². The summed E-state index contributed by atoms with van der Waals surface area (Å²) in [5, 5.41) is 25.9. The van der Waals surface area contributed by atoms with E-state index in [0.29, 0.717) is 35.9 Å². The van der Waals surface area contributed by atoms with E-state index in [9.17, 15) is 10.4 Å². The van der Waals surface area contributed by atoms with Gasteiger partial charge in [0.1, 0.15) is 17.5 Å². The van der Waals surface area contributed by atoms with Gasteiger partial charge in [-0.15, -0.1) is 0 Å².